The SMILES string of the molecule is COc1ccc(C(=O)Nc2cc(C)ccc2N2CCCN(Cc3ccccc3)C2=O)cc1. The quantitative estimate of drug-likeness (QED) is 0.594. The zero-order valence-electron chi connectivity index (χ0n) is 18.4. The molecular weight excluding hydrogens is 402 g/mol. The van der Waals surface area contributed by atoms with Gasteiger partial charge in [-0.1, -0.05) is 36.4 Å². The predicted molar refractivity (Wildman–Crippen MR) is 126 cm³/mol. The van der Waals surface area contributed by atoms with Crippen LogP contribution in [0.2, 0.25) is 0 Å². The number of ether oxygens (including phenoxy) is 1. The molecule has 3 aromatic rings. The van der Waals surface area contributed by atoms with Crippen molar-refractivity contribution < 1.29 is 14.3 Å². The third-order valence-corrected chi connectivity index (χ3v) is 5.57. The summed E-state index contributed by atoms with van der Waals surface area (Å²) in [5.74, 6) is 0.459. The van der Waals surface area contributed by atoms with Crippen molar-refractivity contribution in [2.45, 2.75) is 19.9 Å². The van der Waals surface area contributed by atoms with E-state index in [1.54, 1.807) is 36.3 Å². The molecule has 1 aliphatic heterocycles. The molecule has 1 N–H and O–H groups in total. The first-order chi connectivity index (χ1) is 15.5. The van der Waals surface area contributed by atoms with Crippen molar-refractivity contribution in [3.63, 3.8) is 0 Å². The summed E-state index contributed by atoms with van der Waals surface area (Å²) < 4.78 is 5.17. The molecule has 6 nitrogen and oxygen atoms in total. The van der Waals surface area contributed by atoms with Gasteiger partial charge < -0.3 is 15.0 Å². The molecule has 0 aliphatic carbocycles. The molecule has 6 heteroatoms. The number of methoxy groups -OCH3 is 1. The molecule has 3 amide bonds. The maximum atomic E-state index is 13.3. The van der Waals surface area contributed by atoms with Gasteiger partial charge in [0.05, 0.1) is 18.5 Å². The van der Waals surface area contributed by atoms with E-state index in [4.69, 9.17) is 4.74 Å². The normalized spacial score (nSPS) is 13.8. The predicted octanol–water partition coefficient (Wildman–Crippen LogP) is 5.09. The molecule has 0 spiro atoms. The Morgan fingerprint density at radius 1 is 1.00 bits per heavy atom. The molecule has 0 saturated carbocycles. The molecule has 0 unspecified atom stereocenters. The van der Waals surface area contributed by atoms with Crippen LogP contribution in [0.4, 0.5) is 16.2 Å². The summed E-state index contributed by atoms with van der Waals surface area (Å²) in [7, 11) is 1.59. The molecule has 0 aromatic heterocycles. The van der Waals surface area contributed by atoms with Gasteiger partial charge in [-0.3, -0.25) is 9.69 Å². The number of nitrogens with zero attached hydrogens (tertiary/aromatic N) is 2. The highest BCUT2D eigenvalue weighted by molar-refractivity contribution is 6.07. The molecule has 0 bridgehead atoms. The van der Waals surface area contributed by atoms with Gasteiger partial charge in [-0.05, 0) is 60.9 Å². The Kier molecular flexibility index (Phi) is 6.40. The van der Waals surface area contributed by atoms with Crippen molar-refractivity contribution in [2.75, 3.05) is 30.4 Å². The number of carbonyl (C=O) groups is 2. The first-order valence-electron chi connectivity index (χ1n) is 10.7. The summed E-state index contributed by atoms with van der Waals surface area (Å²) in [6, 6.07) is 22.6. The van der Waals surface area contributed by atoms with Gasteiger partial charge in [-0.25, -0.2) is 4.79 Å². The van der Waals surface area contributed by atoms with E-state index in [1.807, 2.05) is 60.4 Å². The van der Waals surface area contributed by atoms with Crippen LogP contribution < -0.4 is 15.0 Å². The number of amides is 3. The van der Waals surface area contributed by atoms with Gasteiger partial charge in [0.2, 0.25) is 0 Å². The van der Waals surface area contributed by atoms with E-state index in [0.717, 1.165) is 17.5 Å². The fraction of sp³-hybridized carbons (Fsp3) is 0.231. The van der Waals surface area contributed by atoms with E-state index < -0.39 is 0 Å². The van der Waals surface area contributed by atoms with Crippen molar-refractivity contribution in [1.29, 1.82) is 0 Å². The molecule has 0 radical (unpaired) electrons. The molecule has 1 fully saturated rings. The fourth-order valence-electron chi connectivity index (χ4n) is 3.88. The Labute approximate surface area is 188 Å². The summed E-state index contributed by atoms with van der Waals surface area (Å²) >= 11 is 0. The first-order valence-corrected chi connectivity index (χ1v) is 10.7. The maximum Gasteiger partial charge on any atom is 0.324 e. The molecule has 32 heavy (non-hydrogen) atoms. The molecule has 1 heterocycles. The fourth-order valence-corrected chi connectivity index (χ4v) is 3.88. The van der Waals surface area contributed by atoms with Gasteiger partial charge in [0.25, 0.3) is 5.91 Å². The lowest BCUT2D eigenvalue weighted by molar-refractivity contribution is 0.102. The lowest BCUT2D eigenvalue weighted by atomic mass is 10.1. The third kappa shape index (κ3) is 4.75. The Morgan fingerprint density at radius 2 is 1.75 bits per heavy atom. The number of benzene rings is 3. The lowest BCUT2D eigenvalue weighted by Gasteiger charge is -2.36. The summed E-state index contributed by atoms with van der Waals surface area (Å²) in [5.41, 5.74) is 3.96. The Morgan fingerprint density at radius 3 is 2.47 bits per heavy atom. The number of nitrogens with one attached hydrogen (secondary N) is 1. The van der Waals surface area contributed by atoms with Crippen molar-refractivity contribution >= 4 is 23.3 Å². The number of hydrogen-bond acceptors (Lipinski definition) is 3. The van der Waals surface area contributed by atoms with Crippen LogP contribution in [0.1, 0.15) is 27.9 Å². The second-order valence-corrected chi connectivity index (χ2v) is 7.90. The average molecular weight is 430 g/mol. The Hall–Kier alpha value is -3.80. The summed E-state index contributed by atoms with van der Waals surface area (Å²) in [5, 5.41) is 3.00. The van der Waals surface area contributed by atoms with E-state index in [0.29, 0.717) is 42.3 Å². The minimum atomic E-state index is -0.231. The summed E-state index contributed by atoms with van der Waals surface area (Å²) in [6.45, 7) is 3.85. The minimum Gasteiger partial charge on any atom is -0.497 e. The standard InChI is InChI=1S/C26H27N3O3/c1-19-9-14-24(23(17-19)27-25(30)21-10-12-22(32-2)13-11-21)29-16-6-15-28(26(29)31)18-20-7-4-3-5-8-20/h3-5,7-14,17H,6,15-16,18H2,1-2H3,(H,27,30). The molecule has 3 aromatic carbocycles. The lowest BCUT2D eigenvalue weighted by Crippen LogP contribution is -2.49. The van der Waals surface area contributed by atoms with E-state index in [1.165, 1.54) is 0 Å². The smallest absolute Gasteiger partial charge is 0.324 e. The molecule has 1 saturated heterocycles. The van der Waals surface area contributed by atoms with Gasteiger partial charge in [0.1, 0.15) is 5.75 Å². The zero-order chi connectivity index (χ0) is 22.5. The second-order valence-electron chi connectivity index (χ2n) is 7.90. The third-order valence-electron chi connectivity index (χ3n) is 5.57. The maximum absolute atomic E-state index is 13.3. The Bertz CT molecular complexity index is 1100. The Balaban J connectivity index is 1.56. The number of rotatable bonds is 6. The van der Waals surface area contributed by atoms with E-state index in [-0.39, 0.29) is 11.9 Å². The highest BCUT2D eigenvalue weighted by Gasteiger charge is 2.28. The number of aryl methyl sites for hydroxylation is 1. The monoisotopic (exact) mass is 429 g/mol. The van der Waals surface area contributed by atoms with Gasteiger partial charge in [0, 0.05) is 25.2 Å². The molecule has 164 valence electrons. The molecule has 1 aliphatic rings. The van der Waals surface area contributed by atoms with Crippen LogP contribution in [0.3, 0.4) is 0 Å². The summed E-state index contributed by atoms with van der Waals surface area (Å²) in [6.07, 6.45) is 0.859. The van der Waals surface area contributed by atoms with Crippen LogP contribution in [0.5, 0.6) is 5.75 Å². The first kappa shape index (κ1) is 21.4. The van der Waals surface area contributed by atoms with Crippen LogP contribution in [0, 0.1) is 6.92 Å². The van der Waals surface area contributed by atoms with Crippen LogP contribution >= 0.6 is 0 Å². The molecular formula is C26H27N3O3. The van der Waals surface area contributed by atoms with Gasteiger partial charge in [-0.2, -0.15) is 0 Å². The van der Waals surface area contributed by atoms with Crippen molar-refractivity contribution in [1.82, 2.24) is 4.90 Å². The highest BCUT2D eigenvalue weighted by Crippen LogP contribution is 2.31. The second kappa shape index (κ2) is 9.56. The van der Waals surface area contributed by atoms with Crippen LogP contribution in [0.25, 0.3) is 0 Å². The van der Waals surface area contributed by atoms with Gasteiger partial charge in [-0.15, -0.1) is 0 Å². The molecule has 0 atom stereocenters. The number of carbonyl (C=O) groups excluding carboxylic acids is 2. The van der Waals surface area contributed by atoms with E-state index in [9.17, 15) is 9.59 Å². The number of urea groups is 1. The van der Waals surface area contributed by atoms with Crippen molar-refractivity contribution in [2.24, 2.45) is 0 Å². The van der Waals surface area contributed by atoms with Crippen LogP contribution in [0.15, 0.2) is 72.8 Å². The zero-order valence-corrected chi connectivity index (χ0v) is 18.4. The van der Waals surface area contributed by atoms with E-state index >= 15 is 0 Å². The van der Waals surface area contributed by atoms with Crippen LogP contribution in [-0.2, 0) is 6.54 Å². The number of anilines is 2. The average Bonchev–Trinajstić information content (AvgIpc) is 2.82. The summed E-state index contributed by atoms with van der Waals surface area (Å²) in [4.78, 5) is 29.8. The highest BCUT2D eigenvalue weighted by atomic mass is 16.5. The minimum absolute atomic E-state index is 0.0519. The number of hydrogen-bond donors (Lipinski definition) is 1. The van der Waals surface area contributed by atoms with Crippen molar-refractivity contribution in [3.05, 3.63) is 89.5 Å². The van der Waals surface area contributed by atoms with E-state index in [2.05, 4.69) is 5.32 Å². The topological polar surface area (TPSA) is 61.9 Å². The largest absolute Gasteiger partial charge is 0.497 e. The van der Waals surface area contributed by atoms with Crippen molar-refractivity contribution in [3.8, 4) is 5.75 Å². The van der Waals surface area contributed by atoms with Gasteiger partial charge in [0.15, 0.2) is 0 Å². The van der Waals surface area contributed by atoms with Crippen LogP contribution in [-0.4, -0.2) is 37.0 Å². The molecule has 4 rings (SSSR count). The van der Waals surface area contributed by atoms with Gasteiger partial charge >= 0.3 is 6.03 Å².